The number of thiocarbonyl (C=S) groups is 1. The van der Waals surface area contributed by atoms with Crippen molar-refractivity contribution in [3.8, 4) is 0 Å². The van der Waals surface area contributed by atoms with E-state index in [-0.39, 0.29) is 13.2 Å². The number of aliphatic hydroxyl groups is 4. The molecule has 2 rings (SSSR count). The molecule has 15 nitrogen and oxygen atoms in total. The Hall–Kier alpha value is -2.83. The Kier molecular flexibility index (Phi) is 25.9. The van der Waals surface area contributed by atoms with Crippen molar-refractivity contribution in [2.24, 2.45) is 0 Å². The van der Waals surface area contributed by atoms with E-state index in [9.17, 15) is 9.59 Å². The molecule has 0 aliphatic carbocycles. The number of aliphatic hydroxyl groups excluding tert-OH is 4. The molecule has 0 saturated heterocycles. The van der Waals surface area contributed by atoms with Crippen LogP contribution < -0.4 is 10.6 Å². The van der Waals surface area contributed by atoms with Crippen LogP contribution in [0.3, 0.4) is 0 Å². The van der Waals surface area contributed by atoms with E-state index in [1.807, 2.05) is 11.5 Å². The number of rotatable bonds is 13. The lowest BCUT2D eigenvalue weighted by atomic mass is 10.4. The van der Waals surface area contributed by atoms with Crippen molar-refractivity contribution in [2.75, 3.05) is 32.9 Å². The number of H-pyrrole nitrogens is 1. The Labute approximate surface area is 245 Å². The molecule has 0 bridgehead atoms. The summed E-state index contributed by atoms with van der Waals surface area (Å²) in [6.45, 7) is 9.87. The van der Waals surface area contributed by atoms with Gasteiger partial charge in [0.2, 0.25) is 5.91 Å². The van der Waals surface area contributed by atoms with Crippen LogP contribution in [-0.2, 0) is 40.6 Å². The van der Waals surface area contributed by atoms with Gasteiger partial charge in [0.1, 0.15) is 32.8 Å². The lowest BCUT2D eigenvalue weighted by Gasteiger charge is -2.06. The Balaban J connectivity index is 0. The molecule has 230 valence electrons. The molecule has 0 aromatic carbocycles. The van der Waals surface area contributed by atoms with Gasteiger partial charge in [-0.3, -0.25) is 9.89 Å². The van der Waals surface area contributed by atoms with Gasteiger partial charge < -0.3 is 44.9 Å². The topological polar surface area (TPSA) is 213 Å². The number of carbonyl (C=O) groups excluding carboxylic acids is 2. The van der Waals surface area contributed by atoms with Crippen LogP contribution in [0.4, 0.5) is 0 Å². The summed E-state index contributed by atoms with van der Waals surface area (Å²) < 4.78 is 8.53. The van der Waals surface area contributed by atoms with E-state index in [2.05, 4.69) is 49.6 Å². The van der Waals surface area contributed by atoms with Crippen molar-refractivity contribution >= 4 is 41.3 Å². The maximum atomic E-state index is 10.5. The number of nitrogens with one attached hydrogen (secondary N) is 3. The second-order valence-electron chi connectivity index (χ2n) is 7.60. The van der Waals surface area contributed by atoms with Crippen LogP contribution in [-0.4, -0.2) is 99.7 Å². The first-order valence-corrected chi connectivity index (χ1v) is 13.6. The Morgan fingerprint density at radius 3 is 2.10 bits per heavy atom. The average molecular weight is 609 g/mol. The summed E-state index contributed by atoms with van der Waals surface area (Å²) in [6.07, 6.45) is 4.65. The van der Waals surface area contributed by atoms with Crippen molar-refractivity contribution in [3.05, 3.63) is 22.7 Å². The van der Waals surface area contributed by atoms with Crippen LogP contribution in [0.15, 0.2) is 6.33 Å². The first kappa shape index (κ1) is 39.3. The van der Waals surface area contributed by atoms with Gasteiger partial charge in [-0.2, -0.15) is 5.10 Å². The summed E-state index contributed by atoms with van der Waals surface area (Å²) in [5.41, 5.74) is 0. The van der Waals surface area contributed by atoms with Crippen LogP contribution in [0, 0.1) is 4.77 Å². The van der Waals surface area contributed by atoms with E-state index in [0.29, 0.717) is 34.6 Å². The van der Waals surface area contributed by atoms with Crippen molar-refractivity contribution in [1.82, 2.24) is 40.2 Å². The molecule has 0 unspecified atom stereocenters. The van der Waals surface area contributed by atoms with E-state index >= 15 is 0 Å². The second-order valence-corrected chi connectivity index (χ2v) is 8.48. The molecular weight excluding hydrogens is 564 g/mol. The zero-order valence-electron chi connectivity index (χ0n) is 23.6. The predicted octanol–water partition coefficient (Wildman–Crippen LogP) is -0.0129. The summed E-state index contributed by atoms with van der Waals surface area (Å²) in [7, 11) is 0. The number of hydrogen-bond donors (Lipinski definition) is 7. The molecule has 2 aromatic heterocycles. The summed E-state index contributed by atoms with van der Waals surface area (Å²) in [4.78, 5) is 21.1. The normalized spacial score (nSPS) is 9.60. The molecule has 0 aliphatic heterocycles. The highest BCUT2D eigenvalue weighted by Gasteiger charge is 2.02. The molecule has 0 fully saturated rings. The smallest absolute Gasteiger partial charge is 0.331 e. The molecule has 7 N–H and O–H groups in total. The zero-order chi connectivity index (χ0) is 30.8. The highest BCUT2D eigenvalue weighted by atomic mass is 32.1. The van der Waals surface area contributed by atoms with Crippen molar-refractivity contribution in [1.29, 1.82) is 0 Å². The van der Waals surface area contributed by atoms with Crippen molar-refractivity contribution in [3.63, 3.8) is 0 Å². The first-order valence-electron chi connectivity index (χ1n) is 12.8. The van der Waals surface area contributed by atoms with Gasteiger partial charge in [0.25, 0.3) is 0 Å². The van der Waals surface area contributed by atoms with Gasteiger partial charge in [-0.05, 0) is 38.4 Å². The number of hydrogen-bond acceptors (Lipinski definition) is 12. The summed E-state index contributed by atoms with van der Waals surface area (Å²) in [5, 5.41) is 53.1. The van der Waals surface area contributed by atoms with Crippen LogP contribution in [0.5, 0.6) is 0 Å². The molecule has 0 radical (unpaired) electrons. The van der Waals surface area contributed by atoms with E-state index in [4.69, 9.17) is 44.9 Å². The fourth-order valence-corrected chi connectivity index (χ4v) is 2.94. The van der Waals surface area contributed by atoms with Crippen molar-refractivity contribution < 1.29 is 34.8 Å². The maximum Gasteiger partial charge on any atom is 0.331 e. The quantitative estimate of drug-likeness (QED) is 0.118. The summed E-state index contributed by atoms with van der Waals surface area (Å²) >= 11 is 9.82. The molecular formula is C23H44N8O7S2. The third-order valence-corrected chi connectivity index (χ3v) is 4.92. The van der Waals surface area contributed by atoms with Crippen molar-refractivity contribution in [2.45, 2.75) is 73.3 Å². The molecule has 2 aromatic rings. The summed E-state index contributed by atoms with van der Waals surface area (Å²) in [5.74, 6) is 0.275. The molecule has 40 heavy (non-hydrogen) atoms. The maximum absolute atomic E-state index is 10.5. The van der Waals surface area contributed by atoms with Gasteiger partial charge in [-0.25, -0.2) is 4.79 Å². The third kappa shape index (κ3) is 19.3. The molecule has 17 heteroatoms. The molecule has 0 atom stereocenters. The van der Waals surface area contributed by atoms with Gasteiger partial charge >= 0.3 is 5.97 Å². The van der Waals surface area contributed by atoms with Crippen LogP contribution in [0.1, 0.15) is 58.6 Å². The number of nitrogens with zero attached hydrogens (tertiary/aromatic N) is 5. The third-order valence-electron chi connectivity index (χ3n) is 4.32. The lowest BCUT2D eigenvalue weighted by Crippen LogP contribution is -2.37. The molecule has 2 heterocycles. The van der Waals surface area contributed by atoms with Gasteiger partial charge in [-0.15, -0.1) is 10.2 Å². The highest BCUT2D eigenvalue weighted by molar-refractivity contribution is 7.80. The Morgan fingerprint density at radius 1 is 0.975 bits per heavy atom. The van der Waals surface area contributed by atoms with Crippen LogP contribution in [0.2, 0.25) is 0 Å². The number of aromatic nitrogens is 6. The number of carbonyl (C=O) groups is 2. The number of ether oxygens (including phenoxy) is 1. The average Bonchev–Trinajstić information content (AvgIpc) is 3.57. The van der Waals surface area contributed by atoms with Gasteiger partial charge in [0, 0.05) is 19.6 Å². The lowest BCUT2D eigenvalue weighted by molar-refractivity contribution is -0.146. The fourth-order valence-electron chi connectivity index (χ4n) is 2.52. The number of amides is 1. The fraction of sp³-hybridized carbons (Fsp3) is 0.696. The summed E-state index contributed by atoms with van der Waals surface area (Å²) in [6, 6.07) is 0. The van der Waals surface area contributed by atoms with E-state index in [1.54, 1.807) is 17.8 Å². The number of aromatic amines is 1. The minimum absolute atomic E-state index is 0.0278. The van der Waals surface area contributed by atoms with Crippen LogP contribution >= 0.6 is 24.4 Å². The number of esters is 1. The minimum Gasteiger partial charge on any atom is -0.464 e. The number of aryl methyl sites for hydroxylation is 1. The molecule has 0 spiro atoms. The zero-order valence-corrected chi connectivity index (χ0v) is 25.3. The predicted molar refractivity (Wildman–Crippen MR) is 155 cm³/mol. The van der Waals surface area contributed by atoms with Crippen LogP contribution in [0.25, 0.3) is 0 Å². The van der Waals surface area contributed by atoms with Gasteiger partial charge in [0.15, 0.2) is 16.4 Å². The second kappa shape index (κ2) is 26.4. The molecule has 1 amide bonds. The van der Waals surface area contributed by atoms with E-state index < -0.39 is 25.1 Å². The molecule has 0 aliphatic rings. The first-order chi connectivity index (χ1) is 19.2. The minimum atomic E-state index is -0.567. The van der Waals surface area contributed by atoms with Gasteiger partial charge in [0.05, 0.1) is 18.1 Å². The molecule has 0 saturated carbocycles. The Morgan fingerprint density at radius 2 is 1.62 bits per heavy atom. The van der Waals surface area contributed by atoms with E-state index in [1.165, 1.54) is 0 Å². The SMILES string of the molecule is CCCNC(=S)CNC(=O)CO.CCCn1c(CO)n[nH]c1=S.CCCn1cnnc1CO.CCOC(=O)CO. The monoisotopic (exact) mass is 608 g/mol. The Bertz CT molecular complexity index is 998. The van der Waals surface area contributed by atoms with E-state index in [0.717, 1.165) is 38.9 Å². The largest absolute Gasteiger partial charge is 0.464 e. The van der Waals surface area contributed by atoms with Gasteiger partial charge in [-0.1, -0.05) is 33.0 Å². The standard InChI is InChI=1S/C7H14N2O2S.C6H11N3OS.C6H11N3O.C4H8O3/c1-2-3-8-7(12)4-9-6(11)5-10;1-2-3-9-5(4-10)7-8-6(9)11;1-2-3-9-5-7-8-6(9)4-10;1-2-7-4(6)3-5/h10H,2-5H2,1H3,(H,8,12)(H,9,11);10H,2-4H2,1H3,(H,8,11);5,10H,2-4H2,1H3;5H,2-3H2,1H3. The highest BCUT2D eigenvalue weighted by Crippen LogP contribution is 1.98.